The summed E-state index contributed by atoms with van der Waals surface area (Å²) < 4.78 is 9.80. The van der Waals surface area contributed by atoms with E-state index < -0.39 is 23.7 Å². The molecule has 20 heavy (non-hydrogen) atoms. The van der Waals surface area contributed by atoms with Gasteiger partial charge in [0.25, 0.3) is 5.91 Å². The van der Waals surface area contributed by atoms with E-state index in [0.29, 0.717) is 25.8 Å². The molecule has 0 aromatic rings. The first-order valence-corrected chi connectivity index (χ1v) is 6.71. The average Bonchev–Trinajstić information content (AvgIpc) is 2.30. The molecule has 1 saturated heterocycles. The van der Waals surface area contributed by atoms with Gasteiger partial charge in [-0.3, -0.25) is 4.79 Å². The summed E-state index contributed by atoms with van der Waals surface area (Å²) in [7, 11) is 0. The predicted molar refractivity (Wildman–Crippen MR) is 71.0 cm³/mol. The molecule has 7 nitrogen and oxygen atoms in total. The van der Waals surface area contributed by atoms with Crippen molar-refractivity contribution in [3.8, 4) is 0 Å². The molecule has 2 amide bonds. The Kier molecular flexibility index (Phi) is 5.79. The Labute approximate surface area is 118 Å². The number of hydrogen-bond donors (Lipinski definition) is 2. The Morgan fingerprint density at radius 3 is 2.75 bits per heavy atom. The summed E-state index contributed by atoms with van der Waals surface area (Å²) in [6, 6.07) is -0.572. The molecule has 0 radical (unpaired) electrons. The van der Waals surface area contributed by atoms with Crippen LogP contribution in [0.2, 0.25) is 0 Å². The van der Waals surface area contributed by atoms with Gasteiger partial charge in [0.15, 0.2) is 6.61 Å². The zero-order chi connectivity index (χ0) is 15.2. The lowest BCUT2D eigenvalue weighted by Crippen LogP contribution is -2.49. The van der Waals surface area contributed by atoms with Gasteiger partial charge in [-0.05, 0) is 40.0 Å². The first-order chi connectivity index (χ1) is 9.28. The predicted octanol–water partition coefficient (Wildman–Crippen LogP) is 0.723. The highest BCUT2D eigenvalue weighted by Crippen LogP contribution is 2.08. The number of esters is 1. The van der Waals surface area contributed by atoms with Crippen molar-refractivity contribution in [1.82, 2.24) is 10.6 Å². The number of ether oxygens (including phenoxy) is 2. The molecule has 0 unspecified atom stereocenters. The highest BCUT2D eigenvalue weighted by molar-refractivity contribution is 5.90. The molecule has 1 aliphatic rings. The van der Waals surface area contributed by atoms with Crippen LogP contribution in [-0.4, -0.2) is 42.8 Å². The zero-order valence-electron chi connectivity index (χ0n) is 12.2. The normalized spacial score (nSPS) is 19.1. The van der Waals surface area contributed by atoms with Crippen LogP contribution in [0.5, 0.6) is 0 Å². The molecule has 1 rings (SSSR count). The van der Waals surface area contributed by atoms with Crippen LogP contribution in [0.1, 0.15) is 40.0 Å². The summed E-state index contributed by atoms with van der Waals surface area (Å²) in [6.07, 6.45) is 1.43. The van der Waals surface area contributed by atoms with Crippen LogP contribution in [0.15, 0.2) is 0 Å². The Morgan fingerprint density at radius 2 is 2.10 bits per heavy atom. The quantitative estimate of drug-likeness (QED) is 0.574. The summed E-state index contributed by atoms with van der Waals surface area (Å²) in [5.41, 5.74) is -0.514. The van der Waals surface area contributed by atoms with Gasteiger partial charge >= 0.3 is 12.1 Å². The Hall–Kier alpha value is -1.79. The number of carbonyl (C=O) groups excluding carboxylic acids is 3. The Balaban J connectivity index is 2.11. The molecule has 0 bridgehead atoms. The van der Waals surface area contributed by atoms with Gasteiger partial charge in [-0.2, -0.15) is 0 Å². The summed E-state index contributed by atoms with van der Waals surface area (Å²) in [5, 5.41) is 5.20. The molecule has 1 heterocycles. The maximum Gasteiger partial charge on any atom is 0.407 e. The van der Waals surface area contributed by atoms with Gasteiger partial charge in [-0.1, -0.05) is 0 Å². The van der Waals surface area contributed by atoms with Crippen molar-refractivity contribution in [2.45, 2.75) is 51.7 Å². The van der Waals surface area contributed by atoms with Crippen LogP contribution in [0.4, 0.5) is 4.79 Å². The summed E-state index contributed by atoms with van der Waals surface area (Å²) in [4.78, 5) is 33.8. The molecule has 1 aliphatic heterocycles. The van der Waals surface area contributed by atoms with Gasteiger partial charge in [0.05, 0.1) is 0 Å². The number of cyclic esters (lactones) is 1. The van der Waals surface area contributed by atoms with Crippen molar-refractivity contribution in [3.05, 3.63) is 0 Å². The van der Waals surface area contributed by atoms with E-state index in [4.69, 9.17) is 9.47 Å². The lowest BCUT2D eigenvalue weighted by Gasteiger charge is -2.22. The largest absolute Gasteiger partial charge is 0.454 e. The highest BCUT2D eigenvalue weighted by atomic mass is 16.6. The zero-order valence-corrected chi connectivity index (χ0v) is 12.2. The second-order valence-electron chi connectivity index (χ2n) is 5.65. The average molecular weight is 286 g/mol. The van der Waals surface area contributed by atoms with Crippen molar-refractivity contribution in [1.29, 1.82) is 0 Å². The number of hydrogen-bond acceptors (Lipinski definition) is 5. The topological polar surface area (TPSA) is 93.7 Å². The number of rotatable bonds is 5. The smallest absolute Gasteiger partial charge is 0.407 e. The van der Waals surface area contributed by atoms with Crippen molar-refractivity contribution in [3.63, 3.8) is 0 Å². The van der Waals surface area contributed by atoms with E-state index in [1.165, 1.54) is 0 Å². The monoisotopic (exact) mass is 286 g/mol. The minimum Gasteiger partial charge on any atom is -0.454 e. The fourth-order valence-corrected chi connectivity index (χ4v) is 1.70. The third-order valence-electron chi connectivity index (χ3n) is 2.55. The van der Waals surface area contributed by atoms with E-state index in [0.717, 1.165) is 0 Å². The van der Waals surface area contributed by atoms with Gasteiger partial charge in [0, 0.05) is 6.54 Å². The van der Waals surface area contributed by atoms with Crippen LogP contribution in [-0.2, 0) is 19.1 Å². The Bertz CT molecular complexity index is 375. The summed E-state index contributed by atoms with van der Waals surface area (Å²) >= 11 is 0. The molecule has 2 N–H and O–H groups in total. The van der Waals surface area contributed by atoms with Crippen molar-refractivity contribution >= 4 is 18.0 Å². The van der Waals surface area contributed by atoms with E-state index in [1.807, 2.05) is 0 Å². The van der Waals surface area contributed by atoms with Crippen molar-refractivity contribution in [2.75, 3.05) is 13.2 Å². The summed E-state index contributed by atoms with van der Waals surface area (Å²) in [5.74, 6) is -0.675. The molecule has 0 aromatic heterocycles. The van der Waals surface area contributed by atoms with Crippen LogP contribution >= 0.6 is 0 Å². The van der Waals surface area contributed by atoms with Gasteiger partial charge in [0.2, 0.25) is 0 Å². The minimum absolute atomic E-state index is 0.199. The minimum atomic E-state index is -0.572. The standard InChI is InChI=1S/C13H22N2O5/c1-13(2,3)20-12(18)14-7-5-4-6-9-11(17)19-8-10(16)15-9/h9H,4-8H2,1-3H3,(H,14,18)(H,15,16)/t9-/m0/s1. The number of alkyl carbamates (subject to hydrolysis) is 1. The van der Waals surface area contributed by atoms with Crippen LogP contribution in [0.3, 0.4) is 0 Å². The van der Waals surface area contributed by atoms with E-state index in [-0.39, 0.29) is 12.5 Å². The first-order valence-electron chi connectivity index (χ1n) is 6.71. The lowest BCUT2D eigenvalue weighted by atomic mass is 10.1. The van der Waals surface area contributed by atoms with Gasteiger partial charge in [-0.15, -0.1) is 0 Å². The molecule has 0 spiro atoms. The molecule has 0 aromatic carbocycles. The highest BCUT2D eigenvalue weighted by Gasteiger charge is 2.27. The second-order valence-corrected chi connectivity index (χ2v) is 5.65. The number of nitrogens with one attached hydrogen (secondary N) is 2. The van der Waals surface area contributed by atoms with Gasteiger partial charge in [-0.25, -0.2) is 9.59 Å². The number of morpholine rings is 1. The maximum atomic E-state index is 11.4. The van der Waals surface area contributed by atoms with E-state index >= 15 is 0 Å². The summed E-state index contributed by atoms with van der Waals surface area (Å²) in [6.45, 7) is 5.65. The van der Waals surface area contributed by atoms with Crippen molar-refractivity contribution < 1.29 is 23.9 Å². The molecule has 0 aliphatic carbocycles. The van der Waals surface area contributed by atoms with Gasteiger partial charge in [0.1, 0.15) is 11.6 Å². The molecule has 114 valence electrons. The molecule has 1 fully saturated rings. The SMILES string of the molecule is CC(C)(C)OC(=O)NCCCC[C@@H]1NC(=O)COC1=O. The van der Waals surface area contributed by atoms with Gasteiger partial charge < -0.3 is 20.1 Å². The van der Waals surface area contributed by atoms with Crippen LogP contribution < -0.4 is 10.6 Å². The Morgan fingerprint density at radius 1 is 1.40 bits per heavy atom. The molecular weight excluding hydrogens is 264 g/mol. The lowest BCUT2D eigenvalue weighted by molar-refractivity contribution is -0.157. The van der Waals surface area contributed by atoms with Crippen LogP contribution in [0, 0.1) is 0 Å². The van der Waals surface area contributed by atoms with E-state index in [2.05, 4.69) is 10.6 Å². The molecule has 7 heteroatoms. The van der Waals surface area contributed by atoms with E-state index in [9.17, 15) is 14.4 Å². The third kappa shape index (κ3) is 6.40. The van der Waals surface area contributed by atoms with E-state index in [1.54, 1.807) is 20.8 Å². The number of carbonyl (C=O) groups is 3. The number of unbranched alkanes of at least 4 members (excludes halogenated alkanes) is 1. The van der Waals surface area contributed by atoms with Crippen molar-refractivity contribution in [2.24, 2.45) is 0 Å². The number of amides is 2. The third-order valence-corrected chi connectivity index (χ3v) is 2.55. The fraction of sp³-hybridized carbons (Fsp3) is 0.769. The van der Waals surface area contributed by atoms with Crippen LogP contribution in [0.25, 0.3) is 0 Å². The molecule has 0 saturated carbocycles. The molecular formula is C13H22N2O5. The second kappa shape index (κ2) is 7.12. The first kappa shape index (κ1) is 16.3. The maximum absolute atomic E-state index is 11.4. The molecule has 1 atom stereocenters. The fourth-order valence-electron chi connectivity index (χ4n) is 1.70.